The van der Waals surface area contributed by atoms with Crippen LogP contribution in [-0.4, -0.2) is 54.1 Å². The number of aromatic nitrogens is 1. The van der Waals surface area contributed by atoms with Crippen molar-refractivity contribution in [3.63, 3.8) is 0 Å². The molecule has 2 atom stereocenters. The summed E-state index contributed by atoms with van der Waals surface area (Å²) in [5, 5.41) is 1.52. The third kappa shape index (κ3) is 2.91. The summed E-state index contributed by atoms with van der Waals surface area (Å²) < 4.78 is 24.7. The van der Waals surface area contributed by atoms with Crippen LogP contribution >= 0.6 is 0 Å². The van der Waals surface area contributed by atoms with Crippen molar-refractivity contribution in [1.29, 1.82) is 0 Å². The molecule has 7 nitrogen and oxygen atoms in total. The third-order valence-corrected chi connectivity index (χ3v) is 6.65. The van der Waals surface area contributed by atoms with Crippen LogP contribution in [0.2, 0.25) is 0 Å². The second-order valence-electron chi connectivity index (χ2n) is 8.44. The molecular formula is C25H20FN3O4. The van der Waals surface area contributed by atoms with Crippen LogP contribution < -0.4 is 10.5 Å². The van der Waals surface area contributed by atoms with Gasteiger partial charge in [0.2, 0.25) is 0 Å². The van der Waals surface area contributed by atoms with Crippen molar-refractivity contribution in [2.45, 2.75) is 12.1 Å². The molecule has 0 spiro atoms. The summed E-state index contributed by atoms with van der Waals surface area (Å²) in [6.45, 7) is 1.18. The summed E-state index contributed by atoms with van der Waals surface area (Å²) in [5.41, 5.74) is 9.10. The average molecular weight is 445 g/mol. The van der Waals surface area contributed by atoms with Crippen molar-refractivity contribution in [2.75, 3.05) is 20.3 Å². The minimum Gasteiger partial charge on any atom is -0.494 e. The Balaban J connectivity index is 1.50. The molecule has 0 bridgehead atoms. The standard InChI is InChI=1S/C25H20FN3O4/c1-32-21-5-3-12(9-18(21)26)14-7-16-15-6-13(25(31)29-10-22-20(29)11-33-22)2-4-19(15)28-23(16)17(8-14)24(27)30/h2-9,20,22,28H,10-11H2,1H3,(H2,27,30)/t20-,22?/m1/s1. The average Bonchev–Trinajstić information content (AvgIpc) is 3.17. The Morgan fingerprint density at radius 2 is 1.97 bits per heavy atom. The highest BCUT2D eigenvalue weighted by molar-refractivity contribution is 6.17. The van der Waals surface area contributed by atoms with Crippen LogP contribution in [0.4, 0.5) is 4.39 Å². The number of nitrogens with one attached hydrogen (secondary N) is 1. The molecule has 33 heavy (non-hydrogen) atoms. The zero-order chi connectivity index (χ0) is 22.9. The summed E-state index contributed by atoms with van der Waals surface area (Å²) in [7, 11) is 1.40. The molecule has 3 aromatic carbocycles. The van der Waals surface area contributed by atoms with Gasteiger partial charge in [-0.3, -0.25) is 9.59 Å². The van der Waals surface area contributed by atoms with Crippen LogP contribution in [0.5, 0.6) is 5.75 Å². The first kappa shape index (κ1) is 19.8. The van der Waals surface area contributed by atoms with Crippen LogP contribution in [0.1, 0.15) is 20.7 Å². The fraction of sp³-hybridized carbons (Fsp3) is 0.200. The molecule has 2 saturated heterocycles. The van der Waals surface area contributed by atoms with E-state index in [1.54, 1.807) is 18.2 Å². The van der Waals surface area contributed by atoms with Crippen molar-refractivity contribution in [2.24, 2.45) is 5.73 Å². The number of morpholine rings is 1. The van der Waals surface area contributed by atoms with Gasteiger partial charge in [0.05, 0.1) is 36.9 Å². The molecule has 2 amide bonds. The summed E-state index contributed by atoms with van der Waals surface area (Å²) in [6.07, 6.45) is 0.163. The molecule has 1 aromatic heterocycles. The van der Waals surface area contributed by atoms with Crippen LogP contribution in [0.25, 0.3) is 32.9 Å². The van der Waals surface area contributed by atoms with E-state index in [1.165, 1.54) is 19.2 Å². The SMILES string of the molecule is COc1ccc(-c2cc(C(N)=O)c3[nH]c4ccc(C(=O)N5CC6OC[C@H]65)cc4c3c2)cc1F. The van der Waals surface area contributed by atoms with Gasteiger partial charge in [0.1, 0.15) is 0 Å². The number of amides is 2. The van der Waals surface area contributed by atoms with Crippen LogP contribution in [0.3, 0.4) is 0 Å². The maximum Gasteiger partial charge on any atom is 0.254 e. The van der Waals surface area contributed by atoms with Crippen molar-refractivity contribution < 1.29 is 23.5 Å². The maximum absolute atomic E-state index is 14.3. The van der Waals surface area contributed by atoms with Crippen LogP contribution in [0, 0.1) is 5.82 Å². The molecule has 4 aromatic rings. The smallest absolute Gasteiger partial charge is 0.254 e. The Morgan fingerprint density at radius 1 is 1.12 bits per heavy atom. The summed E-state index contributed by atoms with van der Waals surface area (Å²) in [5.74, 6) is -1.01. The Kier molecular flexibility index (Phi) is 4.22. The highest BCUT2D eigenvalue weighted by Gasteiger charge is 2.49. The van der Waals surface area contributed by atoms with Gasteiger partial charge < -0.3 is 25.1 Å². The zero-order valence-corrected chi connectivity index (χ0v) is 17.7. The number of carbonyl (C=O) groups excluding carboxylic acids is 2. The van der Waals surface area contributed by atoms with E-state index in [4.69, 9.17) is 15.2 Å². The fourth-order valence-corrected chi connectivity index (χ4v) is 4.71. The maximum atomic E-state index is 14.3. The monoisotopic (exact) mass is 445 g/mol. The molecule has 0 saturated carbocycles. The Bertz CT molecular complexity index is 1480. The molecule has 3 heterocycles. The first-order chi connectivity index (χ1) is 15.9. The van der Waals surface area contributed by atoms with E-state index in [0.29, 0.717) is 40.9 Å². The van der Waals surface area contributed by atoms with E-state index in [2.05, 4.69) is 4.98 Å². The topological polar surface area (TPSA) is 97.7 Å². The number of hydrogen-bond acceptors (Lipinski definition) is 4. The van der Waals surface area contributed by atoms with Crippen molar-refractivity contribution in [1.82, 2.24) is 9.88 Å². The number of aromatic amines is 1. The molecule has 0 radical (unpaired) electrons. The number of nitrogens with two attached hydrogens (primary N) is 1. The number of hydrogen-bond donors (Lipinski definition) is 2. The molecule has 2 fully saturated rings. The summed E-state index contributed by atoms with van der Waals surface area (Å²) in [4.78, 5) is 30.3. The number of methoxy groups -OCH3 is 1. The van der Waals surface area contributed by atoms with Gasteiger partial charge in [0, 0.05) is 28.4 Å². The first-order valence-electron chi connectivity index (χ1n) is 10.6. The quantitative estimate of drug-likeness (QED) is 0.503. The molecular weight excluding hydrogens is 425 g/mol. The molecule has 166 valence electrons. The van der Waals surface area contributed by atoms with E-state index < -0.39 is 11.7 Å². The number of rotatable bonds is 4. The fourth-order valence-electron chi connectivity index (χ4n) is 4.71. The lowest BCUT2D eigenvalue weighted by molar-refractivity contribution is -0.195. The number of nitrogens with zero attached hydrogens (tertiary/aromatic N) is 1. The van der Waals surface area contributed by atoms with Crippen LogP contribution in [-0.2, 0) is 4.74 Å². The largest absolute Gasteiger partial charge is 0.494 e. The Labute approximate surface area is 187 Å². The summed E-state index contributed by atoms with van der Waals surface area (Å²) >= 11 is 0. The number of primary amides is 1. The molecule has 1 unspecified atom stereocenters. The number of halogens is 1. The van der Waals surface area contributed by atoms with Crippen LogP contribution in [0.15, 0.2) is 48.5 Å². The van der Waals surface area contributed by atoms with E-state index in [9.17, 15) is 14.0 Å². The number of fused-ring (bicyclic) bond motifs is 4. The van der Waals surface area contributed by atoms with E-state index in [-0.39, 0.29) is 23.8 Å². The van der Waals surface area contributed by atoms with Gasteiger partial charge >= 0.3 is 0 Å². The first-order valence-corrected chi connectivity index (χ1v) is 10.6. The van der Waals surface area contributed by atoms with Crippen molar-refractivity contribution >= 4 is 33.6 Å². The zero-order valence-electron chi connectivity index (χ0n) is 17.7. The van der Waals surface area contributed by atoms with Gasteiger partial charge in [0.25, 0.3) is 11.8 Å². The van der Waals surface area contributed by atoms with E-state index >= 15 is 0 Å². The van der Waals surface area contributed by atoms with Gasteiger partial charge in [-0.05, 0) is 53.6 Å². The Hall–Kier alpha value is -3.91. The van der Waals surface area contributed by atoms with Crippen molar-refractivity contribution in [3.8, 4) is 16.9 Å². The number of carbonyl (C=O) groups is 2. The molecule has 6 rings (SSSR count). The number of benzene rings is 3. The van der Waals surface area contributed by atoms with E-state index in [1.807, 2.05) is 23.1 Å². The molecule has 3 N–H and O–H groups in total. The molecule has 0 aliphatic carbocycles. The predicted octanol–water partition coefficient (Wildman–Crippen LogP) is 3.46. The third-order valence-electron chi connectivity index (χ3n) is 6.65. The molecule has 2 aliphatic rings. The Morgan fingerprint density at radius 3 is 2.61 bits per heavy atom. The lowest BCUT2D eigenvalue weighted by atomic mass is 9.93. The summed E-state index contributed by atoms with van der Waals surface area (Å²) in [6, 6.07) is 13.7. The number of likely N-dealkylation sites (tertiary alicyclic amines) is 1. The molecule has 2 aliphatic heterocycles. The minimum absolute atomic E-state index is 0.0423. The van der Waals surface area contributed by atoms with Gasteiger partial charge in [0.15, 0.2) is 11.6 Å². The molecule has 8 heteroatoms. The lowest BCUT2D eigenvalue weighted by Crippen LogP contribution is -2.71. The number of H-pyrrole nitrogens is 1. The van der Waals surface area contributed by atoms with Crippen molar-refractivity contribution in [3.05, 3.63) is 65.5 Å². The highest BCUT2D eigenvalue weighted by Crippen LogP contribution is 2.36. The lowest BCUT2D eigenvalue weighted by Gasteiger charge is -2.54. The van der Waals surface area contributed by atoms with E-state index in [0.717, 1.165) is 16.3 Å². The second-order valence-corrected chi connectivity index (χ2v) is 8.44. The normalized spacial score (nSPS) is 19.2. The highest BCUT2D eigenvalue weighted by atomic mass is 19.1. The van der Waals surface area contributed by atoms with Gasteiger partial charge in [-0.2, -0.15) is 0 Å². The van der Waals surface area contributed by atoms with Gasteiger partial charge in [-0.1, -0.05) is 6.07 Å². The van der Waals surface area contributed by atoms with Gasteiger partial charge in [-0.15, -0.1) is 0 Å². The van der Waals surface area contributed by atoms with Gasteiger partial charge in [-0.25, -0.2) is 4.39 Å². The minimum atomic E-state index is -0.602. The number of ether oxygens (including phenoxy) is 2. The second kappa shape index (κ2) is 7.05. The predicted molar refractivity (Wildman–Crippen MR) is 121 cm³/mol.